The van der Waals surface area contributed by atoms with Crippen LogP contribution in [-0.4, -0.2) is 12.1 Å². The van der Waals surface area contributed by atoms with E-state index in [-0.39, 0.29) is 0 Å². The van der Waals surface area contributed by atoms with Gasteiger partial charge in [-0.05, 0) is 43.4 Å². The zero-order valence-corrected chi connectivity index (χ0v) is 12.5. The van der Waals surface area contributed by atoms with Crippen molar-refractivity contribution in [1.82, 2.24) is 5.32 Å². The van der Waals surface area contributed by atoms with Crippen molar-refractivity contribution in [2.24, 2.45) is 0 Å². The third-order valence-corrected chi connectivity index (χ3v) is 4.31. The van der Waals surface area contributed by atoms with Gasteiger partial charge in [0.1, 0.15) is 0 Å². The number of rotatable bonds is 5. The molecule has 0 saturated heterocycles. The van der Waals surface area contributed by atoms with Crippen LogP contribution in [0, 0.1) is 0 Å². The lowest BCUT2D eigenvalue weighted by atomic mass is 9.91. The van der Waals surface area contributed by atoms with Crippen LogP contribution >= 0.6 is 0 Å². The first-order valence-corrected chi connectivity index (χ1v) is 7.99. The predicted molar refractivity (Wildman–Crippen MR) is 89.4 cm³/mol. The molecule has 0 radical (unpaired) electrons. The van der Waals surface area contributed by atoms with Gasteiger partial charge < -0.3 is 10.6 Å². The zero-order valence-electron chi connectivity index (χ0n) is 12.5. The molecule has 2 N–H and O–H groups in total. The molecule has 0 aromatic heterocycles. The van der Waals surface area contributed by atoms with E-state index in [0.717, 1.165) is 6.54 Å². The summed E-state index contributed by atoms with van der Waals surface area (Å²) in [6.45, 7) is 0.988. The molecule has 2 aromatic rings. The third-order valence-electron chi connectivity index (χ3n) is 4.31. The molecule has 110 valence electrons. The van der Waals surface area contributed by atoms with E-state index >= 15 is 0 Å². The quantitative estimate of drug-likeness (QED) is 0.857. The van der Waals surface area contributed by atoms with Gasteiger partial charge in [0.05, 0.1) is 0 Å². The van der Waals surface area contributed by atoms with Crippen LogP contribution in [0.5, 0.6) is 0 Å². The lowest BCUT2D eigenvalue weighted by Crippen LogP contribution is -2.36. The van der Waals surface area contributed by atoms with Gasteiger partial charge in [-0.2, -0.15) is 0 Å². The largest absolute Gasteiger partial charge is 0.382 e. The van der Waals surface area contributed by atoms with Crippen molar-refractivity contribution in [2.45, 2.75) is 44.3 Å². The van der Waals surface area contributed by atoms with Gasteiger partial charge in [0.2, 0.25) is 0 Å². The molecule has 0 unspecified atom stereocenters. The maximum Gasteiger partial charge on any atom is 0.0342 e. The van der Waals surface area contributed by atoms with Gasteiger partial charge in [0.25, 0.3) is 0 Å². The Kier molecular flexibility index (Phi) is 4.90. The highest BCUT2D eigenvalue weighted by Gasteiger charge is 2.20. The van der Waals surface area contributed by atoms with Gasteiger partial charge >= 0.3 is 0 Å². The van der Waals surface area contributed by atoms with Gasteiger partial charge in [0, 0.05) is 24.3 Å². The highest BCUT2D eigenvalue weighted by Crippen LogP contribution is 2.22. The molecule has 1 saturated carbocycles. The van der Waals surface area contributed by atoms with Crippen LogP contribution in [-0.2, 0) is 6.54 Å². The second-order valence-electron chi connectivity index (χ2n) is 5.93. The lowest BCUT2D eigenvalue weighted by Gasteiger charge is -2.30. The van der Waals surface area contributed by atoms with Crippen molar-refractivity contribution in [1.29, 1.82) is 0 Å². The standard InChI is InChI=1S/C19H24N2/c1-3-7-16(8-4-1)15-20-17-11-13-19(14-12-17)21-18-9-5-2-6-10-18/h1-10,17,19-21H,11-15H2. The summed E-state index contributed by atoms with van der Waals surface area (Å²) in [7, 11) is 0. The summed E-state index contributed by atoms with van der Waals surface area (Å²) in [5, 5.41) is 7.34. The van der Waals surface area contributed by atoms with Gasteiger partial charge in [0.15, 0.2) is 0 Å². The van der Waals surface area contributed by atoms with Gasteiger partial charge in [-0.1, -0.05) is 48.5 Å². The van der Waals surface area contributed by atoms with Crippen LogP contribution in [0.1, 0.15) is 31.2 Å². The summed E-state index contributed by atoms with van der Waals surface area (Å²) >= 11 is 0. The Hall–Kier alpha value is -1.80. The summed E-state index contributed by atoms with van der Waals surface area (Å²) in [6.07, 6.45) is 5.03. The van der Waals surface area contributed by atoms with Crippen LogP contribution in [0.15, 0.2) is 60.7 Å². The molecule has 3 rings (SSSR count). The molecule has 0 bridgehead atoms. The van der Waals surface area contributed by atoms with Crippen LogP contribution in [0.25, 0.3) is 0 Å². The minimum Gasteiger partial charge on any atom is -0.382 e. The van der Waals surface area contributed by atoms with Crippen LogP contribution in [0.2, 0.25) is 0 Å². The van der Waals surface area contributed by atoms with Gasteiger partial charge in [-0.3, -0.25) is 0 Å². The Bertz CT molecular complexity index is 516. The molecule has 0 amide bonds. The molecule has 0 atom stereocenters. The predicted octanol–water partition coefficient (Wildman–Crippen LogP) is 4.20. The average Bonchev–Trinajstić information content (AvgIpc) is 2.56. The zero-order chi connectivity index (χ0) is 14.3. The van der Waals surface area contributed by atoms with E-state index in [0.29, 0.717) is 12.1 Å². The molecule has 2 aromatic carbocycles. The third kappa shape index (κ3) is 4.33. The van der Waals surface area contributed by atoms with Gasteiger partial charge in [-0.15, -0.1) is 0 Å². The van der Waals surface area contributed by atoms with Crippen molar-refractivity contribution in [3.05, 3.63) is 66.2 Å². The first-order chi connectivity index (χ1) is 10.4. The van der Waals surface area contributed by atoms with Crippen molar-refractivity contribution in [3.63, 3.8) is 0 Å². The maximum absolute atomic E-state index is 3.69. The fourth-order valence-electron chi connectivity index (χ4n) is 3.07. The molecular formula is C19H24N2. The topological polar surface area (TPSA) is 24.1 Å². The molecule has 21 heavy (non-hydrogen) atoms. The van der Waals surface area contributed by atoms with E-state index in [4.69, 9.17) is 0 Å². The van der Waals surface area contributed by atoms with Crippen LogP contribution in [0.4, 0.5) is 5.69 Å². The minimum absolute atomic E-state index is 0.627. The fraction of sp³-hybridized carbons (Fsp3) is 0.368. The average molecular weight is 280 g/mol. The van der Waals surface area contributed by atoms with Crippen molar-refractivity contribution < 1.29 is 0 Å². The molecule has 1 fully saturated rings. The van der Waals surface area contributed by atoms with Crippen molar-refractivity contribution in [2.75, 3.05) is 5.32 Å². The van der Waals surface area contributed by atoms with E-state index < -0.39 is 0 Å². The Morgan fingerprint density at radius 2 is 1.29 bits per heavy atom. The molecule has 0 spiro atoms. The van der Waals surface area contributed by atoms with Crippen molar-refractivity contribution in [3.8, 4) is 0 Å². The smallest absolute Gasteiger partial charge is 0.0342 e. The summed E-state index contributed by atoms with van der Waals surface area (Å²) < 4.78 is 0. The van der Waals surface area contributed by atoms with E-state index in [1.54, 1.807) is 0 Å². The number of benzene rings is 2. The highest BCUT2D eigenvalue weighted by atomic mass is 14.9. The molecular weight excluding hydrogens is 256 g/mol. The van der Waals surface area contributed by atoms with E-state index in [2.05, 4.69) is 71.3 Å². The Balaban J connectivity index is 1.41. The first-order valence-electron chi connectivity index (χ1n) is 7.99. The molecule has 1 aliphatic rings. The Morgan fingerprint density at radius 3 is 1.95 bits per heavy atom. The lowest BCUT2D eigenvalue weighted by molar-refractivity contribution is 0.353. The molecule has 0 aliphatic heterocycles. The number of anilines is 1. The molecule has 1 aliphatic carbocycles. The molecule has 2 nitrogen and oxygen atoms in total. The normalized spacial score (nSPS) is 21.9. The fourth-order valence-corrected chi connectivity index (χ4v) is 3.07. The molecule has 2 heteroatoms. The van der Waals surface area contributed by atoms with Crippen LogP contribution < -0.4 is 10.6 Å². The summed E-state index contributed by atoms with van der Waals surface area (Å²) in [4.78, 5) is 0. The first kappa shape index (κ1) is 14.2. The van der Waals surface area contributed by atoms with Crippen LogP contribution in [0.3, 0.4) is 0 Å². The Labute approximate surface area is 127 Å². The highest BCUT2D eigenvalue weighted by molar-refractivity contribution is 5.43. The summed E-state index contributed by atoms with van der Waals surface area (Å²) in [5.74, 6) is 0. The summed E-state index contributed by atoms with van der Waals surface area (Å²) in [6, 6.07) is 22.5. The number of nitrogens with one attached hydrogen (secondary N) is 2. The minimum atomic E-state index is 0.627. The monoisotopic (exact) mass is 280 g/mol. The maximum atomic E-state index is 3.69. The molecule has 0 heterocycles. The summed E-state index contributed by atoms with van der Waals surface area (Å²) in [5.41, 5.74) is 2.63. The van der Waals surface area contributed by atoms with E-state index in [1.807, 2.05) is 0 Å². The second kappa shape index (κ2) is 7.28. The SMILES string of the molecule is c1ccc(CNC2CCC(Nc3ccccc3)CC2)cc1. The number of hydrogen-bond acceptors (Lipinski definition) is 2. The van der Waals surface area contributed by atoms with Crippen molar-refractivity contribution >= 4 is 5.69 Å². The van der Waals surface area contributed by atoms with E-state index in [1.165, 1.54) is 36.9 Å². The number of hydrogen-bond donors (Lipinski definition) is 2. The second-order valence-corrected chi connectivity index (χ2v) is 5.93. The van der Waals surface area contributed by atoms with E-state index in [9.17, 15) is 0 Å². The number of para-hydroxylation sites is 1. The Morgan fingerprint density at radius 1 is 0.714 bits per heavy atom. The van der Waals surface area contributed by atoms with Gasteiger partial charge in [-0.25, -0.2) is 0 Å².